The van der Waals surface area contributed by atoms with Crippen LogP contribution in [0.3, 0.4) is 0 Å². The molecule has 1 amide bonds. The predicted molar refractivity (Wildman–Crippen MR) is 93.6 cm³/mol. The molecular weight excluding hydrogens is 328 g/mol. The predicted octanol–water partition coefficient (Wildman–Crippen LogP) is 3.87. The van der Waals surface area contributed by atoms with Crippen LogP contribution in [0.2, 0.25) is 0 Å². The zero-order valence-corrected chi connectivity index (χ0v) is 14.7. The molecule has 0 saturated carbocycles. The van der Waals surface area contributed by atoms with E-state index in [0.29, 0.717) is 22.1 Å². The minimum absolute atomic E-state index is 0.112. The Morgan fingerprint density at radius 1 is 1.48 bits per heavy atom. The maximum atomic E-state index is 12.4. The summed E-state index contributed by atoms with van der Waals surface area (Å²) in [5.41, 5.74) is 1.46. The third-order valence-electron chi connectivity index (χ3n) is 3.12. The molecule has 0 aromatic carbocycles. The molecule has 23 heavy (non-hydrogen) atoms. The smallest absolute Gasteiger partial charge is 0.239 e. The molecule has 7 heteroatoms. The molecule has 0 saturated heterocycles. The number of thioether (sulfide) groups is 1. The molecule has 0 aliphatic rings. The average Bonchev–Trinajstić information content (AvgIpc) is 3.06. The molecule has 2 rings (SSSR count). The molecule has 120 valence electrons. The zero-order chi connectivity index (χ0) is 16.7. The fourth-order valence-corrected chi connectivity index (χ4v) is 3.52. The van der Waals surface area contributed by atoms with Crippen molar-refractivity contribution in [3.63, 3.8) is 0 Å². The number of hydrogen-bond acceptors (Lipinski definition) is 6. The van der Waals surface area contributed by atoms with Crippen molar-refractivity contribution in [3.05, 3.63) is 35.0 Å². The van der Waals surface area contributed by atoms with E-state index in [0.717, 1.165) is 18.5 Å². The Morgan fingerprint density at radius 2 is 2.30 bits per heavy atom. The molecule has 0 fully saturated rings. The van der Waals surface area contributed by atoms with E-state index >= 15 is 0 Å². The lowest BCUT2D eigenvalue weighted by Gasteiger charge is -2.14. The summed E-state index contributed by atoms with van der Waals surface area (Å²) in [5, 5.41) is 14.8. The number of rotatable bonds is 7. The SMILES string of the molecule is CCCc1ccc(C#N)c(SC(CC)C(=O)Nc2nccs2)n1. The number of aryl methyl sites for hydroxylation is 1. The van der Waals surface area contributed by atoms with Crippen LogP contribution in [0.1, 0.15) is 37.9 Å². The maximum absolute atomic E-state index is 12.4. The molecule has 0 radical (unpaired) electrons. The monoisotopic (exact) mass is 346 g/mol. The largest absolute Gasteiger partial charge is 0.301 e. The van der Waals surface area contributed by atoms with Crippen molar-refractivity contribution in [2.24, 2.45) is 0 Å². The van der Waals surface area contributed by atoms with E-state index < -0.39 is 0 Å². The summed E-state index contributed by atoms with van der Waals surface area (Å²) in [6.45, 7) is 4.03. The molecule has 0 spiro atoms. The van der Waals surface area contributed by atoms with Crippen LogP contribution in [0.5, 0.6) is 0 Å². The van der Waals surface area contributed by atoms with E-state index in [4.69, 9.17) is 0 Å². The summed E-state index contributed by atoms with van der Waals surface area (Å²) in [6, 6.07) is 5.81. The van der Waals surface area contributed by atoms with Crippen molar-refractivity contribution < 1.29 is 4.79 Å². The zero-order valence-electron chi connectivity index (χ0n) is 13.1. The molecule has 2 aromatic heterocycles. The van der Waals surface area contributed by atoms with Crippen LogP contribution < -0.4 is 5.32 Å². The van der Waals surface area contributed by atoms with Crippen molar-refractivity contribution in [1.82, 2.24) is 9.97 Å². The first-order chi connectivity index (χ1) is 11.2. The highest BCUT2D eigenvalue weighted by atomic mass is 32.2. The Balaban J connectivity index is 2.15. The topological polar surface area (TPSA) is 78.7 Å². The summed E-state index contributed by atoms with van der Waals surface area (Å²) in [5.74, 6) is -0.112. The normalized spacial score (nSPS) is 11.7. The Kier molecular flexibility index (Phi) is 6.56. The highest BCUT2D eigenvalue weighted by Crippen LogP contribution is 2.28. The van der Waals surface area contributed by atoms with Gasteiger partial charge in [0.15, 0.2) is 5.13 Å². The lowest BCUT2D eigenvalue weighted by molar-refractivity contribution is -0.115. The first-order valence-corrected chi connectivity index (χ1v) is 9.20. The molecule has 5 nitrogen and oxygen atoms in total. The van der Waals surface area contributed by atoms with Crippen LogP contribution in [-0.2, 0) is 11.2 Å². The van der Waals surface area contributed by atoms with Gasteiger partial charge < -0.3 is 5.32 Å². The number of pyridine rings is 1. The van der Waals surface area contributed by atoms with Crippen LogP contribution >= 0.6 is 23.1 Å². The number of thiazole rings is 1. The third-order valence-corrected chi connectivity index (χ3v) is 5.18. The second-order valence-electron chi connectivity index (χ2n) is 4.86. The van der Waals surface area contributed by atoms with Gasteiger partial charge >= 0.3 is 0 Å². The lowest BCUT2D eigenvalue weighted by atomic mass is 10.2. The first kappa shape index (κ1) is 17.4. The number of hydrogen-bond donors (Lipinski definition) is 1. The number of nitriles is 1. The highest BCUT2D eigenvalue weighted by Gasteiger charge is 2.21. The number of amides is 1. The molecule has 0 aliphatic heterocycles. The van der Waals surface area contributed by atoms with Crippen LogP contribution in [0.25, 0.3) is 0 Å². The molecule has 0 aliphatic carbocycles. The van der Waals surface area contributed by atoms with E-state index in [9.17, 15) is 10.1 Å². The van der Waals surface area contributed by atoms with Crippen molar-refractivity contribution in [3.8, 4) is 6.07 Å². The summed E-state index contributed by atoms with van der Waals surface area (Å²) in [7, 11) is 0. The van der Waals surface area contributed by atoms with Gasteiger partial charge in [-0.1, -0.05) is 32.0 Å². The van der Waals surface area contributed by atoms with Gasteiger partial charge in [0, 0.05) is 17.3 Å². The highest BCUT2D eigenvalue weighted by molar-refractivity contribution is 8.00. The Bertz CT molecular complexity index is 695. The number of anilines is 1. The van der Waals surface area contributed by atoms with Crippen molar-refractivity contribution in [1.29, 1.82) is 5.26 Å². The number of aromatic nitrogens is 2. The summed E-state index contributed by atoms with van der Waals surface area (Å²) < 4.78 is 0. The molecule has 1 unspecified atom stereocenters. The average molecular weight is 346 g/mol. The van der Waals surface area contributed by atoms with Crippen LogP contribution in [0.4, 0.5) is 5.13 Å². The third kappa shape index (κ3) is 4.78. The second-order valence-corrected chi connectivity index (χ2v) is 6.94. The minimum atomic E-state index is -0.310. The second kappa shape index (κ2) is 8.65. The fraction of sp³-hybridized carbons (Fsp3) is 0.375. The van der Waals surface area contributed by atoms with Gasteiger partial charge in [0.1, 0.15) is 11.1 Å². The number of nitrogens with one attached hydrogen (secondary N) is 1. The van der Waals surface area contributed by atoms with Gasteiger partial charge in [-0.25, -0.2) is 9.97 Å². The van der Waals surface area contributed by atoms with E-state index in [-0.39, 0.29) is 11.2 Å². The van der Waals surface area contributed by atoms with Gasteiger partial charge in [-0.3, -0.25) is 4.79 Å². The van der Waals surface area contributed by atoms with Crippen molar-refractivity contribution >= 4 is 34.1 Å². The van der Waals surface area contributed by atoms with E-state index in [2.05, 4.69) is 28.3 Å². The van der Waals surface area contributed by atoms with Crippen molar-refractivity contribution in [2.45, 2.75) is 43.4 Å². The number of nitrogens with zero attached hydrogens (tertiary/aromatic N) is 3. The Labute approximate surface area is 144 Å². The quantitative estimate of drug-likeness (QED) is 0.770. The minimum Gasteiger partial charge on any atom is -0.301 e. The molecular formula is C16H18N4OS2. The molecule has 1 atom stereocenters. The van der Waals surface area contributed by atoms with Crippen LogP contribution in [0, 0.1) is 11.3 Å². The molecule has 1 N–H and O–H groups in total. The molecule has 2 aromatic rings. The first-order valence-electron chi connectivity index (χ1n) is 7.45. The van der Waals surface area contributed by atoms with E-state index in [1.807, 2.05) is 18.4 Å². The van der Waals surface area contributed by atoms with Crippen molar-refractivity contribution in [2.75, 3.05) is 5.32 Å². The standard InChI is InChI=1S/C16H18N4OS2/c1-3-5-12-7-6-11(10-17)15(19-12)23-13(4-2)14(21)20-16-18-8-9-22-16/h6-9,13H,3-5H2,1-2H3,(H,18,20,21). The maximum Gasteiger partial charge on any atom is 0.239 e. The van der Waals surface area contributed by atoms with E-state index in [1.165, 1.54) is 23.1 Å². The summed E-state index contributed by atoms with van der Waals surface area (Å²) >= 11 is 2.72. The van der Waals surface area contributed by atoms with Crippen LogP contribution in [-0.4, -0.2) is 21.1 Å². The molecule has 0 bridgehead atoms. The van der Waals surface area contributed by atoms with Gasteiger partial charge in [-0.05, 0) is 25.0 Å². The summed E-state index contributed by atoms with van der Waals surface area (Å²) in [6.07, 6.45) is 4.15. The number of carbonyl (C=O) groups is 1. The summed E-state index contributed by atoms with van der Waals surface area (Å²) in [4.78, 5) is 21.0. The number of carbonyl (C=O) groups excluding carboxylic acids is 1. The van der Waals surface area contributed by atoms with Gasteiger partial charge in [0.05, 0.1) is 10.8 Å². The fourth-order valence-electron chi connectivity index (χ4n) is 1.98. The van der Waals surface area contributed by atoms with E-state index in [1.54, 1.807) is 12.3 Å². The molecule has 2 heterocycles. The van der Waals surface area contributed by atoms with Gasteiger partial charge in [0.25, 0.3) is 0 Å². The van der Waals surface area contributed by atoms with Gasteiger partial charge in [0.2, 0.25) is 5.91 Å². The Morgan fingerprint density at radius 3 is 2.91 bits per heavy atom. The Hall–Kier alpha value is -1.91. The lowest BCUT2D eigenvalue weighted by Crippen LogP contribution is -2.24. The van der Waals surface area contributed by atoms with Gasteiger partial charge in [-0.2, -0.15) is 5.26 Å². The van der Waals surface area contributed by atoms with Crippen LogP contribution in [0.15, 0.2) is 28.7 Å². The van der Waals surface area contributed by atoms with Gasteiger partial charge in [-0.15, -0.1) is 11.3 Å².